The third-order valence-corrected chi connectivity index (χ3v) is 5.27. The quantitative estimate of drug-likeness (QED) is 0.264. The van der Waals surface area contributed by atoms with Crippen LogP contribution >= 0.6 is 0 Å². The van der Waals surface area contributed by atoms with Gasteiger partial charge < -0.3 is 14.9 Å². The van der Waals surface area contributed by atoms with Crippen molar-refractivity contribution in [2.24, 2.45) is 5.41 Å². The second kappa shape index (κ2) is 9.88. The van der Waals surface area contributed by atoms with Crippen LogP contribution in [0.4, 0.5) is 0 Å². The molecule has 6 heteroatoms. The molecule has 0 saturated heterocycles. The SMILES string of the molecule is C=C(CCC=C(C)C(=O)OCC(C)(C)CC1=C(O)c2ccccc2C(=O)C1=O)C(C)O. The number of ketones is 2. The van der Waals surface area contributed by atoms with Gasteiger partial charge in [-0.05, 0) is 38.7 Å². The summed E-state index contributed by atoms with van der Waals surface area (Å²) in [5.74, 6) is -2.06. The molecule has 0 aliphatic heterocycles. The molecule has 0 heterocycles. The molecule has 0 spiro atoms. The van der Waals surface area contributed by atoms with Gasteiger partial charge in [0.05, 0.1) is 12.7 Å². The van der Waals surface area contributed by atoms with Gasteiger partial charge in [0, 0.05) is 27.7 Å². The first-order valence-corrected chi connectivity index (χ1v) is 10.2. The van der Waals surface area contributed by atoms with Crippen molar-refractivity contribution in [2.75, 3.05) is 6.61 Å². The van der Waals surface area contributed by atoms with Gasteiger partial charge in [-0.1, -0.05) is 50.8 Å². The summed E-state index contributed by atoms with van der Waals surface area (Å²) in [4.78, 5) is 37.2. The standard InChI is InChI=1S/C25H30O6/c1-15(17(3)26)9-8-10-16(2)24(30)31-14-25(4,5)13-20-21(27)18-11-6-7-12-19(18)22(28)23(20)29/h6-7,10-12,17,26-27H,1,8-9,13-14H2,2-5H3. The fourth-order valence-corrected chi connectivity index (χ4v) is 3.25. The average molecular weight is 427 g/mol. The molecule has 0 bridgehead atoms. The van der Waals surface area contributed by atoms with Crippen molar-refractivity contribution in [3.8, 4) is 0 Å². The fraction of sp³-hybridized carbons (Fsp3) is 0.400. The minimum Gasteiger partial charge on any atom is -0.507 e. The lowest BCUT2D eigenvalue weighted by molar-refractivity contribution is -0.141. The molecule has 0 saturated carbocycles. The number of ether oxygens (including phenoxy) is 1. The Balaban J connectivity index is 2.03. The number of carbonyl (C=O) groups is 3. The minimum absolute atomic E-state index is 0.0112. The Kier molecular flexibility index (Phi) is 7.74. The predicted molar refractivity (Wildman–Crippen MR) is 118 cm³/mol. The van der Waals surface area contributed by atoms with Crippen LogP contribution in [0.25, 0.3) is 5.76 Å². The van der Waals surface area contributed by atoms with Crippen molar-refractivity contribution in [1.29, 1.82) is 0 Å². The van der Waals surface area contributed by atoms with Crippen LogP contribution in [0, 0.1) is 5.41 Å². The summed E-state index contributed by atoms with van der Waals surface area (Å²) in [6.07, 6.45) is 2.36. The van der Waals surface area contributed by atoms with Crippen LogP contribution in [0.1, 0.15) is 62.9 Å². The molecule has 0 fully saturated rings. The molecule has 1 aromatic carbocycles. The highest BCUT2D eigenvalue weighted by Gasteiger charge is 2.36. The van der Waals surface area contributed by atoms with E-state index in [9.17, 15) is 24.6 Å². The zero-order chi connectivity index (χ0) is 23.3. The normalized spacial score (nSPS) is 15.6. The molecule has 6 nitrogen and oxygen atoms in total. The second-order valence-electron chi connectivity index (χ2n) is 8.71. The predicted octanol–water partition coefficient (Wildman–Crippen LogP) is 4.34. The summed E-state index contributed by atoms with van der Waals surface area (Å²) in [7, 11) is 0. The van der Waals surface area contributed by atoms with E-state index in [1.165, 1.54) is 6.07 Å². The van der Waals surface area contributed by atoms with E-state index >= 15 is 0 Å². The lowest BCUT2D eigenvalue weighted by Crippen LogP contribution is -2.30. The summed E-state index contributed by atoms with van der Waals surface area (Å²) >= 11 is 0. The number of Topliss-reactive ketones (excluding diaryl/α,β-unsaturated/α-hetero) is 2. The zero-order valence-corrected chi connectivity index (χ0v) is 18.5. The Labute approximate surface area is 182 Å². The van der Waals surface area contributed by atoms with Gasteiger partial charge in [-0.2, -0.15) is 0 Å². The van der Waals surface area contributed by atoms with Crippen LogP contribution < -0.4 is 0 Å². The number of hydrogen-bond acceptors (Lipinski definition) is 6. The van der Waals surface area contributed by atoms with Gasteiger partial charge in [0.15, 0.2) is 0 Å². The lowest BCUT2D eigenvalue weighted by atomic mass is 9.79. The third-order valence-electron chi connectivity index (χ3n) is 5.27. The maximum atomic E-state index is 12.5. The molecule has 2 rings (SSSR count). The molecule has 0 radical (unpaired) electrons. The second-order valence-corrected chi connectivity index (χ2v) is 8.71. The first-order chi connectivity index (χ1) is 14.4. The van der Waals surface area contributed by atoms with Gasteiger partial charge in [0.2, 0.25) is 11.6 Å². The van der Waals surface area contributed by atoms with Crippen molar-refractivity contribution < 1.29 is 29.3 Å². The van der Waals surface area contributed by atoms with Crippen LogP contribution in [0.15, 0.2) is 53.6 Å². The number of esters is 1. The highest BCUT2D eigenvalue weighted by Crippen LogP contribution is 2.35. The molecule has 0 aromatic heterocycles. The Morgan fingerprint density at radius 3 is 2.42 bits per heavy atom. The number of benzene rings is 1. The Hall–Kier alpha value is -2.99. The van der Waals surface area contributed by atoms with Crippen LogP contribution in [0.2, 0.25) is 0 Å². The molecule has 1 aromatic rings. The van der Waals surface area contributed by atoms with Crippen LogP contribution in [0.3, 0.4) is 0 Å². The van der Waals surface area contributed by atoms with Crippen molar-refractivity contribution in [2.45, 2.75) is 53.1 Å². The van der Waals surface area contributed by atoms with Crippen molar-refractivity contribution in [3.63, 3.8) is 0 Å². The number of carbonyl (C=O) groups excluding carboxylic acids is 3. The Bertz CT molecular complexity index is 962. The molecule has 1 atom stereocenters. The smallest absolute Gasteiger partial charge is 0.333 e. The monoisotopic (exact) mass is 426 g/mol. The van der Waals surface area contributed by atoms with E-state index in [4.69, 9.17) is 4.74 Å². The first-order valence-electron chi connectivity index (χ1n) is 10.2. The van der Waals surface area contributed by atoms with Gasteiger partial charge in [-0.15, -0.1) is 0 Å². The van der Waals surface area contributed by atoms with Crippen LogP contribution in [-0.4, -0.2) is 40.5 Å². The summed E-state index contributed by atoms with van der Waals surface area (Å²) < 4.78 is 5.40. The van der Waals surface area contributed by atoms with Gasteiger partial charge in [0.1, 0.15) is 5.76 Å². The van der Waals surface area contributed by atoms with E-state index < -0.39 is 29.1 Å². The highest BCUT2D eigenvalue weighted by molar-refractivity contribution is 6.52. The van der Waals surface area contributed by atoms with Gasteiger partial charge in [0.25, 0.3) is 0 Å². The molecule has 31 heavy (non-hydrogen) atoms. The highest BCUT2D eigenvalue weighted by atomic mass is 16.5. The Morgan fingerprint density at radius 1 is 1.19 bits per heavy atom. The summed E-state index contributed by atoms with van der Waals surface area (Å²) in [6.45, 7) is 10.7. The van der Waals surface area contributed by atoms with Gasteiger partial charge in [-0.25, -0.2) is 4.79 Å². The van der Waals surface area contributed by atoms with Crippen molar-refractivity contribution >= 4 is 23.3 Å². The Morgan fingerprint density at radius 2 is 1.81 bits per heavy atom. The van der Waals surface area contributed by atoms with E-state index in [0.29, 0.717) is 29.6 Å². The molecular formula is C25H30O6. The summed E-state index contributed by atoms with van der Waals surface area (Å²) in [5.41, 5.74) is 1.02. The van der Waals surface area contributed by atoms with Crippen LogP contribution in [0.5, 0.6) is 0 Å². The maximum absolute atomic E-state index is 12.5. The zero-order valence-electron chi connectivity index (χ0n) is 18.5. The molecule has 1 aliphatic rings. The average Bonchev–Trinajstić information content (AvgIpc) is 2.73. The van der Waals surface area contributed by atoms with E-state index in [0.717, 1.165) is 0 Å². The molecule has 2 N–H and O–H groups in total. The molecule has 1 unspecified atom stereocenters. The van der Waals surface area contributed by atoms with Gasteiger partial charge >= 0.3 is 5.97 Å². The van der Waals surface area contributed by atoms with Gasteiger partial charge in [-0.3, -0.25) is 9.59 Å². The summed E-state index contributed by atoms with van der Waals surface area (Å²) in [5, 5.41) is 20.0. The van der Waals surface area contributed by atoms with E-state index in [1.807, 2.05) is 0 Å². The molecule has 0 amide bonds. The number of aliphatic hydroxyl groups excluding tert-OH is 2. The first kappa shape index (κ1) is 24.3. The van der Waals surface area contributed by atoms with Crippen LogP contribution in [-0.2, 0) is 14.3 Å². The summed E-state index contributed by atoms with van der Waals surface area (Å²) in [6, 6.07) is 6.44. The molecule has 1 aliphatic carbocycles. The number of rotatable bonds is 9. The fourth-order valence-electron chi connectivity index (χ4n) is 3.25. The number of hydrogen-bond donors (Lipinski definition) is 2. The lowest BCUT2D eigenvalue weighted by Gasteiger charge is -2.27. The van der Waals surface area contributed by atoms with E-state index in [2.05, 4.69) is 6.58 Å². The minimum atomic E-state index is -0.731. The van der Waals surface area contributed by atoms with Crippen molar-refractivity contribution in [1.82, 2.24) is 0 Å². The number of fused-ring (bicyclic) bond motifs is 1. The molecule has 166 valence electrons. The van der Waals surface area contributed by atoms with E-state index in [-0.39, 0.29) is 29.9 Å². The van der Waals surface area contributed by atoms with E-state index in [1.54, 1.807) is 52.0 Å². The number of aliphatic hydroxyl groups is 2. The maximum Gasteiger partial charge on any atom is 0.333 e. The third kappa shape index (κ3) is 6.01. The largest absolute Gasteiger partial charge is 0.507 e. The van der Waals surface area contributed by atoms with Crippen molar-refractivity contribution in [3.05, 3.63) is 64.8 Å². The molecular weight excluding hydrogens is 396 g/mol. The number of allylic oxidation sites excluding steroid dienone is 2. The topological polar surface area (TPSA) is 101 Å².